The van der Waals surface area contributed by atoms with Crippen LogP contribution < -0.4 is 4.74 Å². The van der Waals surface area contributed by atoms with Crippen molar-refractivity contribution in [1.82, 2.24) is 15.0 Å². The van der Waals surface area contributed by atoms with Crippen LogP contribution >= 0.6 is 11.3 Å². The molecule has 0 fully saturated rings. The van der Waals surface area contributed by atoms with E-state index < -0.39 is 0 Å². The van der Waals surface area contributed by atoms with Crippen LogP contribution in [0.5, 0.6) is 11.5 Å². The largest absolute Gasteiger partial charge is 0.455 e. The summed E-state index contributed by atoms with van der Waals surface area (Å²) < 4.78 is 9.16. The Hall–Kier alpha value is -4.87. The predicted octanol–water partition coefficient (Wildman–Crippen LogP) is 9.67. The molecule has 1 aliphatic rings. The van der Waals surface area contributed by atoms with E-state index in [0.717, 1.165) is 33.8 Å². The third kappa shape index (κ3) is 3.85. The SMILES string of the molecule is CC1(C)c2cc(-c3nc(-c4ccccc4)nc(-c4ccccc4)n3)ccc2Oc2c1ccc1c2sc2ccccc21. The highest BCUT2D eigenvalue weighted by Gasteiger charge is 2.36. The van der Waals surface area contributed by atoms with E-state index in [2.05, 4.69) is 68.4 Å². The van der Waals surface area contributed by atoms with Gasteiger partial charge in [-0.3, -0.25) is 0 Å². The van der Waals surface area contributed by atoms with Crippen molar-refractivity contribution in [3.05, 3.63) is 126 Å². The van der Waals surface area contributed by atoms with E-state index in [1.54, 1.807) is 11.3 Å². The molecule has 0 unspecified atom stereocenters. The fourth-order valence-electron chi connectivity index (χ4n) is 5.80. The minimum atomic E-state index is -0.277. The maximum Gasteiger partial charge on any atom is 0.164 e. The summed E-state index contributed by atoms with van der Waals surface area (Å²) >= 11 is 1.80. The second kappa shape index (κ2) is 9.08. The molecule has 2 aromatic heterocycles. The van der Waals surface area contributed by atoms with Gasteiger partial charge in [-0.2, -0.15) is 0 Å². The molecule has 3 heterocycles. The lowest BCUT2D eigenvalue weighted by molar-refractivity contribution is 0.424. The third-order valence-electron chi connectivity index (χ3n) is 8.00. The van der Waals surface area contributed by atoms with Gasteiger partial charge in [0.25, 0.3) is 0 Å². The van der Waals surface area contributed by atoms with Crippen molar-refractivity contribution in [3.63, 3.8) is 0 Å². The van der Waals surface area contributed by atoms with Crippen LogP contribution in [0, 0.1) is 0 Å². The Morgan fingerprint density at radius 3 is 1.85 bits per heavy atom. The van der Waals surface area contributed by atoms with E-state index in [-0.39, 0.29) is 5.41 Å². The molecule has 0 N–H and O–H groups in total. The van der Waals surface area contributed by atoms with Gasteiger partial charge in [0.2, 0.25) is 0 Å². The zero-order valence-electron chi connectivity index (χ0n) is 22.6. The quantitative estimate of drug-likeness (QED) is 0.221. The molecule has 7 aromatic rings. The lowest BCUT2D eigenvalue weighted by Gasteiger charge is -2.35. The van der Waals surface area contributed by atoms with Gasteiger partial charge in [-0.25, -0.2) is 15.0 Å². The summed E-state index contributed by atoms with van der Waals surface area (Å²) in [5, 5.41) is 2.52. The number of thiophene rings is 1. The van der Waals surface area contributed by atoms with Crippen LogP contribution in [0.2, 0.25) is 0 Å². The zero-order chi connectivity index (χ0) is 27.6. The molecule has 8 rings (SSSR count). The zero-order valence-corrected chi connectivity index (χ0v) is 23.4. The molecule has 41 heavy (non-hydrogen) atoms. The molecule has 5 heteroatoms. The van der Waals surface area contributed by atoms with Gasteiger partial charge in [-0.1, -0.05) is 105 Å². The molecule has 1 aliphatic heterocycles. The Bertz CT molecular complexity index is 2040. The Balaban J connectivity index is 1.28. The minimum absolute atomic E-state index is 0.277. The van der Waals surface area contributed by atoms with E-state index in [1.807, 2.05) is 60.7 Å². The molecular weight excluding hydrogens is 522 g/mol. The van der Waals surface area contributed by atoms with Crippen molar-refractivity contribution in [2.75, 3.05) is 0 Å². The van der Waals surface area contributed by atoms with E-state index in [0.29, 0.717) is 17.5 Å². The summed E-state index contributed by atoms with van der Waals surface area (Å²) in [6.07, 6.45) is 0. The van der Waals surface area contributed by atoms with Gasteiger partial charge >= 0.3 is 0 Å². The Morgan fingerprint density at radius 2 is 1.17 bits per heavy atom. The van der Waals surface area contributed by atoms with Crippen molar-refractivity contribution in [2.24, 2.45) is 0 Å². The van der Waals surface area contributed by atoms with E-state index >= 15 is 0 Å². The summed E-state index contributed by atoms with van der Waals surface area (Å²) in [7, 11) is 0. The fraction of sp³-hybridized carbons (Fsp3) is 0.0833. The maximum atomic E-state index is 6.69. The average molecular weight is 548 g/mol. The van der Waals surface area contributed by atoms with Crippen molar-refractivity contribution in [3.8, 4) is 45.7 Å². The topological polar surface area (TPSA) is 47.9 Å². The lowest BCUT2D eigenvalue weighted by atomic mass is 9.75. The Kier molecular flexibility index (Phi) is 5.31. The molecule has 0 amide bonds. The van der Waals surface area contributed by atoms with Gasteiger partial charge in [-0.15, -0.1) is 11.3 Å². The molecule has 0 spiro atoms. The third-order valence-corrected chi connectivity index (χ3v) is 9.18. The monoisotopic (exact) mass is 547 g/mol. The summed E-state index contributed by atoms with van der Waals surface area (Å²) in [6, 6.07) is 39.5. The molecule has 4 nitrogen and oxygen atoms in total. The number of rotatable bonds is 3. The smallest absolute Gasteiger partial charge is 0.164 e. The van der Waals surface area contributed by atoms with Gasteiger partial charge in [-0.05, 0) is 24.3 Å². The summed E-state index contributed by atoms with van der Waals surface area (Å²) in [4.78, 5) is 14.7. The molecule has 0 saturated carbocycles. The van der Waals surface area contributed by atoms with Crippen LogP contribution in [0.25, 0.3) is 54.3 Å². The second-order valence-corrected chi connectivity index (χ2v) is 11.9. The highest BCUT2D eigenvalue weighted by atomic mass is 32.1. The van der Waals surface area contributed by atoms with Crippen LogP contribution in [0.1, 0.15) is 25.0 Å². The van der Waals surface area contributed by atoms with Gasteiger partial charge in [0.1, 0.15) is 11.5 Å². The highest BCUT2D eigenvalue weighted by Crippen LogP contribution is 2.53. The second-order valence-electron chi connectivity index (χ2n) is 10.9. The number of aromatic nitrogens is 3. The fourth-order valence-corrected chi connectivity index (χ4v) is 6.98. The van der Waals surface area contributed by atoms with E-state index in [9.17, 15) is 0 Å². The molecule has 0 atom stereocenters. The van der Waals surface area contributed by atoms with Crippen LogP contribution in [-0.2, 0) is 5.41 Å². The molecule has 0 saturated heterocycles. The molecule has 0 bridgehead atoms. The molecule has 5 aromatic carbocycles. The number of hydrogen-bond acceptors (Lipinski definition) is 5. The van der Waals surface area contributed by atoms with E-state index in [1.165, 1.54) is 25.7 Å². The predicted molar refractivity (Wildman–Crippen MR) is 168 cm³/mol. The van der Waals surface area contributed by atoms with Crippen molar-refractivity contribution in [2.45, 2.75) is 19.3 Å². The van der Waals surface area contributed by atoms with Crippen molar-refractivity contribution >= 4 is 31.5 Å². The summed E-state index contributed by atoms with van der Waals surface area (Å²) in [5.41, 5.74) is 4.87. The molecule has 0 radical (unpaired) electrons. The van der Waals surface area contributed by atoms with Gasteiger partial charge in [0.15, 0.2) is 17.5 Å². The maximum absolute atomic E-state index is 6.69. The van der Waals surface area contributed by atoms with Crippen molar-refractivity contribution in [1.29, 1.82) is 0 Å². The summed E-state index contributed by atoms with van der Waals surface area (Å²) in [6.45, 7) is 4.54. The van der Waals surface area contributed by atoms with E-state index in [4.69, 9.17) is 19.7 Å². The molecule has 196 valence electrons. The number of ether oxygens (including phenoxy) is 1. The first kappa shape index (κ1) is 24.0. The average Bonchev–Trinajstić information content (AvgIpc) is 3.41. The lowest BCUT2D eigenvalue weighted by Crippen LogP contribution is -2.24. The van der Waals surface area contributed by atoms with Crippen LogP contribution in [0.3, 0.4) is 0 Å². The van der Waals surface area contributed by atoms with Gasteiger partial charge in [0, 0.05) is 48.7 Å². The van der Waals surface area contributed by atoms with Crippen LogP contribution in [-0.4, -0.2) is 15.0 Å². The highest BCUT2D eigenvalue weighted by molar-refractivity contribution is 7.26. The normalized spacial score (nSPS) is 13.5. The van der Waals surface area contributed by atoms with Crippen LogP contribution in [0.15, 0.2) is 115 Å². The first-order chi connectivity index (χ1) is 20.1. The van der Waals surface area contributed by atoms with Gasteiger partial charge < -0.3 is 4.74 Å². The van der Waals surface area contributed by atoms with Crippen LogP contribution in [0.4, 0.5) is 0 Å². The Morgan fingerprint density at radius 1 is 0.561 bits per heavy atom. The standard InChI is InChI=1S/C36H25N3OS/c1-36(2)27-19-18-26-25-15-9-10-16-30(25)41-32(26)31(27)40-29-20-17-24(21-28(29)36)35-38-33(22-11-5-3-6-12-22)37-34(39-35)23-13-7-4-8-14-23/h3-21H,1-2H3. The minimum Gasteiger partial charge on any atom is -0.455 e. The number of benzene rings is 5. The first-order valence-corrected chi connectivity index (χ1v) is 14.5. The Labute approximate surface area is 242 Å². The summed E-state index contributed by atoms with van der Waals surface area (Å²) in [5.74, 6) is 3.78. The number of nitrogens with zero attached hydrogens (tertiary/aromatic N) is 3. The molecular formula is C36H25N3OS. The van der Waals surface area contributed by atoms with Gasteiger partial charge in [0.05, 0.1) is 4.70 Å². The first-order valence-electron chi connectivity index (χ1n) is 13.7. The van der Waals surface area contributed by atoms with Crippen molar-refractivity contribution < 1.29 is 4.74 Å². The molecule has 0 aliphatic carbocycles. The number of fused-ring (bicyclic) bond motifs is 6. The number of hydrogen-bond donors (Lipinski definition) is 0.